The first-order valence-electron chi connectivity index (χ1n) is 5.67. The molecule has 7 heteroatoms. The molecule has 0 aliphatic heterocycles. The molecule has 0 aliphatic rings. The van der Waals surface area contributed by atoms with Crippen molar-refractivity contribution in [3.8, 4) is 0 Å². The van der Waals surface area contributed by atoms with E-state index in [4.69, 9.17) is 28.3 Å². The molecule has 2 aromatic carbocycles. The Labute approximate surface area is 129 Å². The Hall–Kier alpha value is -2.11. The summed E-state index contributed by atoms with van der Waals surface area (Å²) in [5.74, 6) is -2.69. The van der Waals surface area contributed by atoms with Crippen LogP contribution in [0.5, 0.6) is 0 Å². The van der Waals surface area contributed by atoms with Crippen LogP contribution in [0.15, 0.2) is 36.4 Å². The lowest BCUT2D eigenvalue weighted by atomic mass is 10.1. The van der Waals surface area contributed by atoms with E-state index in [1.165, 1.54) is 24.3 Å². The molecule has 4 nitrogen and oxygen atoms in total. The van der Waals surface area contributed by atoms with Crippen molar-refractivity contribution in [2.75, 3.05) is 5.32 Å². The van der Waals surface area contributed by atoms with E-state index in [2.05, 4.69) is 5.32 Å². The van der Waals surface area contributed by atoms with Gasteiger partial charge in [-0.25, -0.2) is 9.18 Å². The summed E-state index contributed by atoms with van der Waals surface area (Å²) in [6, 6.07) is 7.31. The van der Waals surface area contributed by atoms with Gasteiger partial charge < -0.3 is 10.4 Å². The Morgan fingerprint density at radius 2 is 1.76 bits per heavy atom. The first kappa shape index (κ1) is 15.3. The molecule has 0 bridgehead atoms. The number of rotatable bonds is 3. The Morgan fingerprint density at radius 1 is 1.05 bits per heavy atom. The van der Waals surface area contributed by atoms with Crippen molar-refractivity contribution in [3.05, 3.63) is 63.4 Å². The maximum absolute atomic E-state index is 13.1. The summed E-state index contributed by atoms with van der Waals surface area (Å²) in [5, 5.41) is 11.9. The normalized spacial score (nSPS) is 10.2. The van der Waals surface area contributed by atoms with Gasteiger partial charge in [-0.15, -0.1) is 0 Å². The molecule has 21 heavy (non-hydrogen) atoms. The summed E-state index contributed by atoms with van der Waals surface area (Å²) >= 11 is 11.6. The molecule has 0 fully saturated rings. The number of halogens is 3. The van der Waals surface area contributed by atoms with Crippen molar-refractivity contribution in [2.24, 2.45) is 0 Å². The molecule has 0 unspecified atom stereocenters. The zero-order valence-corrected chi connectivity index (χ0v) is 11.9. The second-order valence-electron chi connectivity index (χ2n) is 4.07. The van der Waals surface area contributed by atoms with Crippen LogP contribution in [0.3, 0.4) is 0 Å². The van der Waals surface area contributed by atoms with Gasteiger partial charge >= 0.3 is 5.97 Å². The molecule has 0 radical (unpaired) electrons. The maximum atomic E-state index is 13.1. The van der Waals surface area contributed by atoms with Crippen LogP contribution < -0.4 is 5.32 Å². The fourth-order valence-corrected chi connectivity index (χ4v) is 2.16. The van der Waals surface area contributed by atoms with Gasteiger partial charge in [0.1, 0.15) is 5.82 Å². The van der Waals surface area contributed by atoms with Crippen molar-refractivity contribution in [1.29, 1.82) is 0 Å². The van der Waals surface area contributed by atoms with Crippen LogP contribution in [0.25, 0.3) is 0 Å². The number of carboxylic acid groups (broad SMARTS) is 1. The Balaban J connectivity index is 2.34. The molecule has 108 valence electrons. The second kappa shape index (κ2) is 6.11. The highest BCUT2D eigenvalue weighted by atomic mass is 35.5. The molecule has 0 aliphatic carbocycles. The van der Waals surface area contributed by atoms with E-state index in [1.807, 2.05) is 0 Å². The molecule has 0 saturated carbocycles. The minimum atomic E-state index is -1.35. The van der Waals surface area contributed by atoms with E-state index in [0.717, 1.165) is 12.1 Å². The molecular formula is C14H8Cl2FNO3. The maximum Gasteiger partial charge on any atom is 0.337 e. The van der Waals surface area contributed by atoms with Crippen molar-refractivity contribution in [2.45, 2.75) is 0 Å². The third-order valence-electron chi connectivity index (χ3n) is 2.64. The predicted octanol–water partition coefficient (Wildman–Crippen LogP) is 4.08. The lowest BCUT2D eigenvalue weighted by Crippen LogP contribution is -2.15. The SMILES string of the molecule is O=C(Nc1ccc(F)cc1C(=O)O)c1ccc(Cl)cc1Cl. The van der Waals surface area contributed by atoms with Gasteiger partial charge in [0, 0.05) is 5.02 Å². The van der Waals surface area contributed by atoms with Crippen molar-refractivity contribution in [1.82, 2.24) is 0 Å². The lowest BCUT2D eigenvalue weighted by Gasteiger charge is -2.09. The number of hydrogen-bond acceptors (Lipinski definition) is 2. The minimum absolute atomic E-state index is 0.0279. The van der Waals surface area contributed by atoms with Crippen LogP contribution in [0.1, 0.15) is 20.7 Å². The van der Waals surface area contributed by atoms with Gasteiger partial charge in [-0.05, 0) is 36.4 Å². The molecule has 2 aromatic rings. The van der Waals surface area contributed by atoms with E-state index in [9.17, 15) is 14.0 Å². The van der Waals surface area contributed by atoms with Gasteiger partial charge in [-0.3, -0.25) is 4.79 Å². The number of amides is 1. The third-order valence-corrected chi connectivity index (χ3v) is 3.18. The predicted molar refractivity (Wildman–Crippen MR) is 77.8 cm³/mol. The van der Waals surface area contributed by atoms with Crippen LogP contribution in [0, 0.1) is 5.82 Å². The fraction of sp³-hybridized carbons (Fsp3) is 0. The average Bonchev–Trinajstić information content (AvgIpc) is 2.40. The summed E-state index contributed by atoms with van der Waals surface area (Å²) in [6.45, 7) is 0. The average molecular weight is 328 g/mol. The Morgan fingerprint density at radius 3 is 2.38 bits per heavy atom. The zero-order chi connectivity index (χ0) is 15.6. The zero-order valence-electron chi connectivity index (χ0n) is 10.4. The highest BCUT2D eigenvalue weighted by molar-refractivity contribution is 6.37. The number of aromatic carboxylic acids is 1. The molecule has 0 aromatic heterocycles. The molecule has 2 N–H and O–H groups in total. The van der Waals surface area contributed by atoms with Crippen molar-refractivity contribution < 1.29 is 19.1 Å². The van der Waals surface area contributed by atoms with Gasteiger partial charge in [-0.2, -0.15) is 0 Å². The summed E-state index contributed by atoms with van der Waals surface area (Å²) in [4.78, 5) is 23.1. The first-order valence-corrected chi connectivity index (χ1v) is 6.43. The number of nitrogens with one attached hydrogen (secondary N) is 1. The number of carboxylic acids is 1. The Kier molecular flexibility index (Phi) is 4.45. The van der Waals surface area contributed by atoms with E-state index in [0.29, 0.717) is 5.02 Å². The number of carbonyl (C=O) groups is 2. The standard InChI is InChI=1S/C14H8Cl2FNO3/c15-7-1-3-9(11(16)5-7)13(19)18-12-4-2-8(17)6-10(12)14(20)21/h1-6H,(H,18,19)(H,20,21). The van der Waals surface area contributed by atoms with Gasteiger partial charge in [0.2, 0.25) is 0 Å². The third kappa shape index (κ3) is 3.51. The molecule has 0 spiro atoms. The second-order valence-corrected chi connectivity index (χ2v) is 4.92. The largest absolute Gasteiger partial charge is 0.478 e. The number of carbonyl (C=O) groups excluding carboxylic acids is 1. The van der Waals surface area contributed by atoms with Gasteiger partial charge in [0.25, 0.3) is 5.91 Å². The lowest BCUT2D eigenvalue weighted by molar-refractivity contribution is 0.0697. The molecule has 1 amide bonds. The van der Waals surface area contributed by atoms with E-state index in [1.54, 1.807) is 0 Å². The van der Waals surface area contributed by atoms with Gasteiger partial charge in [0.15, 0.2) is 0 Å². The highest BCUT2D eigenvalue weighted by Gasteiger charge is 2.16. The quantitative estimate of drug-likeness (QED) is 0.892. The molecule has 0 atom stereocenters. The number of anilines is 1. The van der Waals surface area contributed by atoms with Crippen LogP contribution >= 0.6 is 23.2 Å². The molecular weight excluding hydrogens is 320 g/mol. The van der Waals surface area contributed by atoms with E-state index >= 15 is 0 Å². The van der Waals surface area contributed by atoms with E-state index < -0.39 is 17.7 Å². The van der Waals surface area contributed by atoms with Gasteiger partial charge in [-0.1, -0.05) is 23.2 Å². The number of benzene rings is 2. The van der Waals surface area contributed by atoms with Crippen LogP contribution in [-0.4, -0.2) is 17.0 Å². The molecule has 0 saturated heterocycles. The molecule has 0 heterocycles. The van der Waals surface area contributed by atoms with Crippen LogP contribution in [0.2, 0.25) is 10.0 Å². The summed E-state index contributed by atoms with van der Waals surface area (Å²) in [6.07, 6.45) is 0. The molecule has 2 rings (SSSR count). The minimum Gasteiger partial charge on any atom is -0.478 e. The fourth-order valence-electron chi connectivity index (χ4n) is 1.67. The summed E-state index contributed by atoms with van der Waals surface area (Å²) in [7, 11) is 0. The highest BCUT2D eigenvalue weighted by Crippen LogP contribution is 2.23. The smallest absolute Gasteiger partial charge is 0.337 e. The van der Waals surface area contributed by atoms with E-state index in [-0.39, 0.29) is 21.8 Å². The van der Waals surface area contributed by atoms with Crippen LogP contribution in [0.4, 0.5) is 10.1 Å². The Bertz CT molecular complexity index is 734. The topological polar surface area (TPSA) is 66.4 Å². The van der Waals surface area contributed by atoms with Gasteiger partial charge in [0.05, 0.1) is 21.8 Å². The monoisotopic (exact) mass is 327 g/mol. The first-order chi connectivity index (χ1) is 9.88. The van der Waals surface area contributed by atoms with Crippen LogP contribution in [-0.2, 0) is 0 Å². The van der Waals surface area contributed by atoms with Crippen molar-refractivity contribution in [3.63, 3.8) is 0 Å². The summed E-state index contributed by atoms with van der Waals surface area (Å²) < 4.78 is 13.1. The van der Waals surface area contributed by atoms with Crippen molar-refractivity contribution >= 4 is 40.8 Å². The summed E-state index contributed by atoms with van der Waals surface area (Å²) in [5.41, 5.74) is -0.255. The number of hydrogen-bond donors (Lipinski definition) is 2.